The molecule has 0 radical (unpaired) electrons. The maximum Gasteiger partial charge on any atom is 0.242 e. The molecule has 0 atom stereocenters. The molecule has 2 aromatic rings. The van der Waals surface area contributed by atoms with Crippen LogP contribution in [0.15, 0.2) is 37.4 Å². The lowest BCUT2D eigenvalue weighted by molar-refractivity contribution is 0.281. The number of hydrogen-bond donors (Lipinski definition) is 2. The molecule has 1 aromatic carbocycles. The fourth-order valence-electron chi connectivity index (χ4n) is 1.79. The molecule has 0 saturated carbocycles. The Morgan fingerprint density at radius 1 is 1.29 bits per heavy atom. The van der Waals surface area contributed by atoms with E-state index < -0.39 is 10.0 Å². The monoisotopic (exact) mass is 453 g/mol. The Morgan fingerprint density at radius 3 is 2.57 bits per heavy atom. The van der Waals surface area contributed by atoms with Gasteiger partial charge in [0.15, 0.2) is 0 Å². The van der Waals surface area contributed by atoms with Crippen molar-refractivity contribution in [3.8, 4) is 0 Å². The summed E-state index contributed by atoms with van der Waals surface area (Å²) in [5, 5.41) is 9.22. The van der Waals surface area contributed by atoms with Crippen LogP contribution < -0.4 is 4.72 Å². The highest BCUT2D eigenvalue weighted by Crippen LogP contribution is 2.28. The molecule has 1 aromatic heterocycles. The lowest BCUT2D eigenvalue weighted by atomic mass is 10.1. The first-order valence-electron chi connectivity index (χ1n) is 5.97. The number of aryl methyl sites for hydroxylation is 1. The van der Waals surface area contributed by atoms with E-state index in [1.165, 1.54) is 17.4 Å². The van der Waals surface area contributed by atoms with E-state index in [0.29, 0.717) is 10.0 Å². The quantitative estimate of drug-likeness (QED) is 0.725. The van der Waals surface area contributed by atoms with Gasteiger partial charge in [0.05, 0.1) is 15.3 Å². The van der Waals surface area contributed by atoms with Crippen LogP contribution in [0.4, 0.5) is 0 Å². The van der Waals surface area contributed by atoms with Gasteiger partial charge in [0.25, 0.3) is 0 Å². The predicted molar refractivity (Wildman–Crippen MR) is 90.8 cm³/mol. The lowest BCUT2D eigenvalue weighted by Crippen LogP contribution is -2.23. The van der Waals surface area contributed by atoms with Crippen LogP contribution in [0.1, 0.15) is 16.0 Å². The molecule has 0 aliphatic carbocycles. The number of rotatable bonds is 5. The number of aliphatic hydroxyl groups excluding tert-OH is 1. The van der Waals surface area contributed by atoms with E-state index in [2.05, 4.69) is 36.6 Å². The SMILES string of the molecule is Cc1cc(CO)cc(S(=O)(=O)NCc2ccc(Br)s2)c1Br. The molecule has 0 aliphatic heterocycles. The zero-order valence-electron chi connectivity index (χ0n) is 11.1. The molecular formula is C13H13Br2NO3S2. The van der Waals surface area contributed by atoms with Crippen molar-refractivity contribution < 1.29 is 13.5 Å². The number of hydrogen-bond acceptors (Lipinski definition) is 4. The minimum atomic E-state index is -3.65. The van der Waals surface area contributed by atoms with Crippen molar-refractivity contribution in [3.05, 3.63) is 48.5 Å². The molecule has 2 rings (SSSR count). The van der Waals surface area contributed by atoms with Gasteiger partial charge in [-0.25, -0.2) is 13.1 Å². The molecule has 0 spiro atoms. The van der Waals surface area contributed by atoms with E-state index in [9.17, 15) is 13.5 Å². The molecule has 0 saturated heterocycles. The van der Waals surface area contributed by atoms with Crippen LogP contribution in [-0.2, 0) is 23.2 Å². The van der Waals surface area contributed by atoms with Gasteiger partial charge in [-0.1, -0.05) is 6.07 Å². The first-order valence-corrected chi connectivity index (χ1v) is 9.86. The minimum Gasteiger partial charge on any atom is -0.392 e. The molecule has 4 nitrogen and oxygen atoms in total. The summed E-state index contributed by atoms with van der Waals surface area (Å²) in [6.45, 7) is 1.82. The largest absolute Gasteiger partial charge is 0.392 e. The molecule has 114 valence electrons. The summed E-state index contributed by atoms with van der Waals surface area (Å²) in [5.41, 5.74) is 1.33. The average Bonchev–Trinajstić information content (AvgIpc) is 2.85. The molecule has 0 amide bonds. The smallest absolute Gasteiger partial charge is 0.242 e. The van der Waals surface area contributed by atoms with Crippen LogP contribution >= 0.6 is 43.2 Å². The van der Waals surface area contributed by atoms with Crippen LogP contribution in [0.5, 0.6) is 0 Å². The van der Waals surface area contributed by atoms with Crippen molar-refractivity contribution >= 4 is 53.2 Å². The Labute approximate surface area is 144 Å². The molecule has 0 aliphatic rings. The van der Waals surface area contributed by atoms with Crippen LogP contribution in [0.3, 0.4) is 0 Å². The minimum absolute atomic E-state index is 0.141. The number of nitrogens with one attached hydrogen (secondary N) is 1. The van der Waals surface area contributed by atoms with E-state index in [0.717, 1.165) is 14.2 Å². The van der Waals surface area contributed by atoms with Gasteiger partial charge in [-0.3, -0.25) is 0 Å². The van der Waals surface area contributed by atoms with Gasteiger partial charge in [-0.05, 0) is 68.1 Å². The molecule has 0 unspecified atom stereocenters. The highest BCUT2D eigenvalue weighted by Gasteiger charge is 2.20. The van der Waals surface area contributed by atoms with Gasteiger partial charge in [0.2, 0.25) is 10.0 Å². The first kappa shape index (κ1) is 17.1. The van der Waals surface area contributed by atoms with E-state index in [4.69, 9.17) is 0 Å². The van der Waals surface area contributed by atoms with Gasteiger partial charge in [-0.15, -0.1) is 11.3 Å². The van der Waals surface area contributed by atoms with Crippen LogP contribution in [-0.4, -0.2) is 13.5 Å². The van der Waals surface area contributed by atoms with Gasteiger partial charge < -0.3 is 5.11 Å². The molecule has 0 bridgehead atoms. The topological polar surface area (TPSA) is 66.4 Å². The standard InChI is InChI=1S/C13H13Br2NO3S2/c1-8-4-9(7-17)5-11(13(8)15)21(18,19)16-6-10-2-3-12(14)20-10/h2-5,16-17H,6-7H2,1H3. The number of sulfonamides is 1. The Kier molecular flexibility index (Phi) is 5.61. The van der Waals surface area contributed by atoms with E-state index in [-0.39, 0.29) is 18.0 Å². The van der Waals surface area contributed by atoms with E-state index in [1.54, 1.807) is 13.0 Å². The zero-order valence-corrected chi connectivity index (χ0v) is 15.9. The third kappa shape index (κ3) is 4.14. The molecule has 1 heterocycles. The van der Waals surface area contributed by atoms with Crippen LogP contribution in [0.25, 0.3) is 0 Å². The Hall–Kier alpha value is -0.250. The van der Waals surface area contributed by atoms with Crippen molar-refractivity contribution in [2.75, 3.05) is 0 Å². The second-order valence-electron chi connectivity index (χ2n) is 4.41. The van der Waals surface area contributed by atoms with E-state index >= 15 is 0 Å². The van der Waals surface area contributed by atoms with Crippen molar-refractivity contribution in [1.29, 1.82) is 0 Å². The van der Waals surface area contributed by atoms with Gasteiger partial charge in [-0.2, -0.15) is 0 Å². The van der Waals surface area contributed by atoms with E-state index in [1.807, 2.05) is 12.1 Å². The van der Waals surface area contributed by atoms with Gasteiger partial charge >= 0.3 is 0 Å². The summed E-state index contributed by atoms with van der Waals surface area (Å²) in [5.74, 6) is 0. The number of aliphatic hydroxyl groups is 1. The third-order valence-corrected chi connectivity index (χ3v) is 7.18. The predicted octanol–water partition coefficient (Wildman–Crippen LogP) is 3.55. The maximum absolute atomic E-state index is 12.4. The highest BCUT2D eigenvalue weighted by atomic mass is 79.9. The van der Waals surface area contributed by atoms with Crippen molar-refractivity contribution in [2.24, 2.45) is 0 Å². The van der Waals surface area contributed by atoms with Crippen LogP contribution in [0.2, 0.25) is 0 Å². The second-order valence-corrected chi connectivity index (χ2v) is 9.49. The normalized spacial score (nSPS) is 11.8. The summed E-state index contributed by atoms with van der Waals surface area (Å²) in [6.07, 6.45) is 0. The number of thiophene rings is 1. The summed E-state index contributed by atoms with van der Waals surface area (Å²) in [4.78, 5) is 1.05. The molecule has 0 fully saturated rings. The Balaban J connectivity index is 2.29. The first-order chi connectivity index (χ1) is 9.83. The van der Waals surface area contributed by atoms with Gasteiger partial charge in [0, 0.05) is 15.9 Å². The Morgan fingerprint density at radius 2 is 2.00 bits per heavy atom. The molecule has 21 heavy (non-hydrogen) atoms. The van der Waals surface area contributed by atoms with Crippen LogP contribution in [0, 0.1) is 6.92 Å². The van der Waals surface area contributed by atoms with Crippen molar-refractivity contribution in [1.82, 2.24) is 4.72 Å². The third-order valence-electron chi connectivity index (χ3n) is 2.82. The number of halogens is 2. The molecule has 8 heteroatoms. The molecule has 2 N–H and O–H groups in total. The summed E-state index contributed by atoms with van der Waals surface area (Å²) >= 11 is 8.12. The fourth-order valence-corrected chi connectivity index (χ4v) is 5.37. The average molecular weight is 455 g/mol. The fraction of sp³-hybridized carbons (Fsp3) is 0.231. The number of benzene rings is 1. The highest BCUT2D eigenvalue weighted by molar-refractivity contribution is 9.11. The Bertz CT molecular complexity index is 757. The maximum atomic E-state index is 12.4. The molecular weight excluding hydrogens is 442 g/mol. The second kappa shape index (κ2) is 6.89. The van der Waals surface area contributed by atoms with Crippen molar-refractivity contribution in [3.63, 3.8) is 0 Å². The summed E-state index contributed by atoms with van der Waals surface area (Å²) < 4.78 is 28.9. The van der Waals surface area contributed by atoms with Crippen molar-refractivity contribution in [2.45, 2.75) is 25.0 Å². The summed E-state index contributed by atoms with van der Waals surface area (Å²) in [7, 11) is -3.65. The lowest BCUT2D eigenvalue weighted by Gasteiger charge is -2.11. The zero-order chi connectivity index (χ0) is 15.6. The summed E-state index contributed by atoms with van der Waals surface area (Å²) in [6, 6.07) is 6.96. The van der Waals surface area contributed by atoms with Gasteiger partial charge in [0.1, 0.15) is 0 Å².